The molecule has 3 rings (SSSR count). The van der Waals surface area contributed by atoms with E-state index in [0.29, 0.717) is 0 Å². The number of para-hydroxylation sites is 1. The molecule has 1 saturated heterocycles. The first-order valence-corrected chi connectivity index (χ1v) is 6.07. The second kappa shape index (κ2) is 4.17. The SMILES string of the molecule is O=C1C(=O)N(C2CCNCC2)c2c(F)cccc21. The minimum absolute atomic E-state index is 0.0825. The number of fused-ring (bicyclic) bond motifs is 1. The highest BCUT2D eigenvalue weighted by molar-refractivity contribution is 6.52. The van der Waals surface area contributed by atoms with Crippen molar-refractivity contribution in [1.82, 2.24) is 5.32 Å². The summed E-state index contributed by atoms with van der Waals surface area (Å²) in [5, 5.41) is 3.19. The summed E-state index contributed by atoms with van der Waals surface area (Å²) in [4.78, 5) is 25.2. The highest BCUT2D eigenvalue weighted by atomic mass is 19.1. The van der Waals surface area contributed by atoms with Crippen molar-refractivity contribution < 1.29 is 14.0 Å². The van der Waals surface area contributed by atoms with Gasteiger partial charge in [-0.05, 0) is 38.1 Å². The van der Waals surface area contributed by atoms with Crippen LogP contribution in [0.25, 0.3) is 0 Å². The zero-order chi connectivity index (χ0) is 12.7. The van der Waals surface area contributed by atoms with E-state index in [1.54, 1.807) is 0 Å². The molecule has 0 unspecified atom stereocenters. The molecule has 1 amide bonds. The number of hydrogen-bond donors (Lipinski definition) is 1. The van der Waals surface area contributed by atoms with Crippen LogP contribution in [0.5, 0.6) is 0 Å². The van der Waals surface area contributed by atoms with E-state index in [0.717, 1.165) is 25.9 Å². The molecule has 94 valence electrons. The number of carbonyl (C=O) groups excluding carboxylic acids is 2. The van der Waals surface area contributed by atoms with Gasteiger partial charge in [0.25, 0.3) is 11.7 Å². The van der Waals surface area contributed by atoms with Gasteiger partial charge in [0, 0.05) is 6.04 Å². The van der Waals surface area contributed by atoms with Crippen LogP contribution in [-0.2, 0) is 4.79 Å². The third kappa shape index (κ3) is 1.54. The number of nitrogens with zero attached hydrogens (tertiary/aromatic N) is 1. The van der Waals surface area contributed by atoms with E-state index in [4.69, 9.17) is 0 Å². The summed E-state index contributed by atoms with van der Waals surface area (Å²) in [5.41, 5.74) is 0.359. The van der Waals surface area contributed by atoms with Gasteiger partial charge in [-0.3, -0.25) is 14.5 Å². The van der Waals surface area contributed by atoms with Crippen molar-refractivity contribution in [3.05, 3.63) is 29.6 Å². The molecule has 0 aliphatic carbocycles. The van der Waals surface area contributed by atoms with E-state index < -0.39 is 17.5 Å². The highest BCUT2D eigenvalue weighted by Gasteiger charge is 2.41. The number of rotatable bonds is 1. The molecule has 2 aliphatic rings. The number of carbonyl (C=O) groups is 2. The van der Waals surface area contributed by atoms with E-state index in [-0.39, 0.29) is 17.3 Å². The highest BCUT2D eigenvalue weighted by Crippen LogP contribution is 2.34. The molecule has 0 radical (unpaired) electrons. The lowest BCUT2D eigenvalue weighted by molar-refractivity contribution is -0.114. The van der Waals surface area contributed by atoms with E-state index >= 15 is 0 Å². The molecule has 5 heteroatoms. The lowest BCUT2D eigenvalue weighted by Gasteiger charge is -2.31. The lowest BCUT2D eigenvalue weighted by atomic mass is 10.0. The van der Waals surface area contributed by atoms with Crippen LogP contribution in [0, 0.1) is 5.82 Å². The molecule has 0 aromatic heterocycles. The molecule has 1 N–H and O–H groups in total. The molecule has 18 heavy (non-hydrogen) atoms. The van der Waals surface area contributed by atoms with Crippen molar-refractivity contribution in [2.75, 3.05) is 18.0 Å². The Kier molecular flexibility index (Phi) is 2.63. The Balaban J connectivity index is 2.06. The van der Waals surface area contributed by atoms with Crippen LogP contribution in [0.1, 0.15) is 23.2 Å². The van der Waals surface area contributed by atoms with Crippen LogP contribution in [0.15, 0.2) is 18.2 Å². The number of piperidine rings is 1. The van der Waals surface area contributed by atoms with Crippen LogP contribution >= 0.6 is 0 Å². The van der Waals surface area contributed by atoms with Crippen molar-refractivity contribution in [2.24, 2.45) is 0 Å². The van der Waals surface area contributed by atoms with Crippen molar-refractivity contribution in [3.63, 3.8) is 0 Å². The summed E-state index contributed by atoms with van der Waals surface area (Å²) < 4.78 is 13.9. The lowest BCUT2D eigenvalue weighted by Crippen LogP contribution is -2.46. The van der Waals surface area contributed by atoms with Crippen LogP contribution in [0.4, 0.5) is 10.1 Å². The first-order chi connectivity index (χ1) is 8.70. The smallest absolute Gasteiger partial charge is 0.299 e. The second-order valence-electron chi connectivity index (χ2n) is 4.62. The van der Waals surface area contributed by atoms with Gasteiger partial charge in [0.2, 0.25) is 0 Å². The maximum Gasteiger partial charge on any atom is 0.299 e. The molecule has 4 nitrogen and oxygen atoms in total. The molecule has 1 aromatic rings. The molecule has 0 atom stereocenters. The Morgan fingerprint density at radius 1 is 1.22 bits per heavy atom. The fraction of sp³-hybridized carbons (Fsp3) is 0.385. The maximum atomic E-state index is 13.9. The van der Waals surface area contributed by atoms with Gasteiger partial charge in [-0.25, -0.2) is 4.39 Å². The number of Topliss-reactive ketones (excluding diaryl/α,β-unsaturated/α-hetero) is 1. The largest absolute Gasteiger partial charge is 0.317 e. The van der Waals surface area contributed by atoms with Crippen LogP contribution < -0.4 is 10.2 Å². The number of ketones is 1. The summed E-state index contributed by atoms with van der Waals surface area (Å²) in [6.45, 7) is 1.57. The van der Waals surface area contributed by atoms with E-state index in [2.05, 4.69) is 5.32 Å². The summed E-state index contributed by atoms with van der Waals surface area (Å²) in [6, 6.07) is 4.19. The van der Waals surface area contributed by atoms with Gasteiger partial charge >= 0.3 is 0 Å². The van der Waals surface area contributed by atoms with Crippen molar-refractivity contribution >= 4 is 17.4 Å². The number of anilines is 1. The topological polar surface area (TPSA) is 49.4 Å². The van der Waals surface area contributed by atoms with Crippen LogP contribution in [-0.4, -0.2) is 30.8 Å². The molecule has 2 aliphatic heterocycles. The molecule has 2 heterocycles. The Bertz CT molecular complexity index is 524. The zero-order valence-electron chi connectivity index (χ0n) is 9.78. The molecule has 1 fully saturated rings. The predicted octanol–water partition coefficient (Wildman–Crippen LogP) is 1.11. The molecule has 0 saturated carbocycles. The van der Waals surface area contributed by atoms with E-state index in [1.165, 1.54) is 23.1 Å². The number of nitrogens with one attached hydrogen (secondary N) is 1. The van der Waals surface area contributed by atoms with Gasteiger partial charge in [0.1, 0.15) is 5.82 Å². The number of halogens is 1. The average Bonchev–Trinajstić information content (AvgIpc) is 2.65. The van der Waals surface area contributed by atoms with Crippen molar-refractivity contribution in [2.45, 2.75) is 18.9 Å². The Hall–Kier alpha value is -1.75. The minimum Gasteiger partial charge on any atom is -0.317 e. The Labute approximate surface area is 104 Å². The van der Waals surface area contributed by atoms with Crippen molar-refractivity contribution in [1.29, 1.82) is 0 Å². The van der Waals surface area contributed by atoms with Gasteiger partial charge < -0.3 is 5.32 Å². The first kappa shape index (κ1) is 11.3. The van der Waals surface area contributed by atoms with Gasteiger partial charge in [-0.2, -0.15) is 0 Å². The Morgan fingerprint density at radius 3 is 2.67 bits per heavy atom. The van der Waals surface area contributed by atoms with Gasteiger partial charge in [0.05, 0.1) is 11.3 Å². The summed E-state index contributed by atoms with van der Waals surface area (Å²) in [7, 11) is 0. The Morgan fingerprint density at radius 2 is 1.94 bits per heavy atom. The summed E-state index contributed by atoms with van der Waals surface area (Å²) in [6.07, 6.45) is 1.49. The average molecular weight is 248 g/mol. The third-order valence-corrected chi connectivity index (χ3v) is 3.56. The van der Waals surface area contributed by atoms with Gasteiger partial charge in [0.15, 0.2) is 0 Å². The summed E-state index contributed by atoms with van der Waals surface area (Å²) >= 11 is 0. The maximum absolute atomic E-state index is 13.9. The first-order valence-electron chi connectivity index (χ1n) is 6.07. The molecule has 0 bridgehead atoms. The molecule has 0 spiro atoms. The monoisotopic (exact) mass is 248 g/mol. The molecule has 1 aromatic carbocycles. The van der Waals surface area contributed by atoms with Crippen LogP contribution in [0.2, 0.25) is 0 Å². The number of benzene rings is 1. The third-order valence-electron chi connectivity index (χ3n) is 3.56. The molecular formula is C13H13FN2O2. The normalized spacial score (nSPS) is 20.4. The second-order valence-corrected chi connectivity index (χ2v) is 4.62. The van der Waals surface area contributed by atoms with Gasteiger partial charge in [-0.1, -0.05) is 6.07 Å². The van der Waals surface area contributed by atoms with Gasteiger partial charge in [-0.15, -0.1) is 0 Å². The zero-order valence-corrected chi connectivity index (χ0v) is 9.78. The minimum atomic E-state index is -0.595. The predicted molar refractivity (Wildman–Crippen MR) is 64.1 cm³/mol. The number of hydrogen-bond acceptors (Lipinski definition) is 3. The fourth-order valence-electron chi connectivity index (χ4n) is 2.68. The van der Waals surface area contributed by atoms with E-state index in [1.807, 2.05) is 0 Å². The number of amides is 1. The van der Waals surface area contributed by atoms with Crippen LogP contribution in [0.3, 0.4) is 0 Å². The molecular weight excluding hydrogens is 235 g/mol. The van der Waals surface area contributed by atoms with E-state index in [9.17, 15) is 14.0 Å². The standard InChI is InChI=1S/C13H13FN2O2/c14-10-3-1-2-9-11(10)16(13(18)12(9)17)8-4-6-15-7-5-8/h1-3,8,15H,4-7H2. The van der Waals surface area contributed by atoms with Crippen molar-refractivity contribution in [3.8, 4) is 0 Å². The fourth-order valence-corrected chi connectivity index (χ4v) is 2.68. The quantitative estimate of drug-likeness (QED) is 0.757. The summed E-state index contributed by atoms with van der Waals surface area (Å²) in [5.74, 6) is -1.68.